The predicted molar refractivity (Wildman–Crippen MR) is 103 cm³/mol. The number of carbonyl (C=O) groups excluding carboxylic acids is 2. The van der Waals surface area contributed by atoms with Gasteiger partial charge in [-0.1, -0.05) is 0 Å². The number of nitrogens with two attached hydrogens (primary N) is 2. The Hall–Kier alpha value is -3.51. The summed E-state index contributed by atoms with van der Waals surface area (Å²) in [7, 11) is 0. The number of alkyl halides is 6. The maximum absolute atomic E-state index is 14.3. The summed E-state index contributed by atoms with van der Waals surface area (Å²) >= 11 is 0. The maximum Gasteiger partial charge on any atom is 0.417 e. The normalized spacial score (nSPS) is 15.0. The Kier molecular flexibility index (Phi) is 6.18. The van der Waals surface area contributed by atoms with Crippen LogP contribution in [0.1, 0.15) is 31.8 Å². The van der Waals surface area contributed by atoms with Gasteiger partial charge in [0.25, 0.3) is 11.8 Å². The third-order valence-corrected chi connectivity index (χ3v) is 5.07. The van der Waals surface area contributed by atoms with Gasteiger partial charge in [0, 0.05) is 37.6 Å². The smallest absolute Gasteiger partial charge is 0.399 e. The lowest BCUT2D eigenvalue weighted by Gasteiger charge is -2.35. The molecule has 3 rings (SSSR count). The molecule has 2 aromatic carbocycles. The highest BCUT2D eigenvalue weighted by molar-refractivity contribution is 5.98. The summed E-state index contributed by atoms with van der Waals surface area (Å²) in [5.74, 6) is -3.71. The van der Waals surface area contributed by atoms with Crippen molar-refractivity contribution in [2.45, 2.75) is 12.4 Å². The van der Waals surface area contributed by atoms with Crippen molar-refractivity contribution in [1.82, 2.24) is 9.80 Å². The number of hydrogen-bond acceptors (Lipinski definition) is 4. The molecule has 2 aromatic rings. The molecule has 2 amide bonds. The molecular formula is C20H17F7N4O2. The molecule has 1 heterocycles. The van der Waals surface area contributed by atoms with Crippen molar-refractivity contribution in [3.8, 4) is 0 Å². The number of nitrogen functional groups attached to an aromatic ring is 2. The summed E-state index contributed by atoms with van der Waals surface area (Å²) in [6, 6.07) is 3.70. The number of rotatable bonds is 2. The molecule has 0 unspecified atom stereocenters. The Balaban J connectivity index is 1.81. The van der Waals surface area contributed by atoms with Gasteiger partial charge in [-0.3, -0.25) is 9.59 Å². The zero-order valence-corrected chi connectivity index (χ0v) is 16.7. The molecule has 178 valence electrons. The zero-order valence-electron chi connectivity index (χ0n) is 16.7. The standard InChI is InChI=1S/C20H17F7N4O2/c21-15-9-11(29)8-14(20(25,26)27)16(15)18(33)31-5-3-30(4-6-31)17(32)12-2-1-10(28)7-13(12)19(22,23)24/h1-2,7-9H,3-6,28-29H2. The second kappa shape index (κ2) is 8.45. The third-order valence-electron chi connectivity index (χ3n) is 5.07. The fraction of sp³-hybridized carbons (Fsp3) is 0.300. The highest BCUT2D eigenvalue weighted by Crippen LogP contribution is 2.36. The van der Waals surface area contributed by atoms with Crippen LogP contribution in [0.3, 0.4) is 0 Å². The van der Waals surface area contributed by atoms with Crippen molar-refractivity contribution in [3.05, 3.63) is 58.4 Å². The van der Waals surface area contributed by atoms with E-state index in [0.29, 0.717) is 18.2 Å². The minimum absolute atomic E-state index is 0.194. The van der Waals surface area contributed by atoms with Crippen molar-refractivity contribution in [1.29, 1.82) is 0 Å². The topological polar surface area (TPSA) is 92.7 Å². The first kappa shape index (κ1) is 24.1. The van der Waals surface area contributed by atoms with Gasteiger partial charge in [-0.25, -0.2) is 4.39 Å². The molecule has 0 radical (unpaired) electrons. The zero-order chi connectivity index (χ0) is 24.7. The molecule has 1 fully saturated rings. The Bertz CT molecular complexity index is 1090. The Morgan fingerprint density at radius 3 is 1.73 bits per heavy atom. The van der Waals surface area contributed by atoms with Gasteiger partial charge in [-0.05, 0) is 30.3 Å². The molecule has 0 spiro atoms. The molecule has 0 bridgehead atoms. The van der Waals surface area contributed by atoms with Gasteiger partial charge in [0.2, 0.25) is 0 Å². The lowest BCUT2D eigenvalue weighted by molar-refractivity contribution is -0.138. The summed E-state index contributed by atoms with van der Waals surface area (Å²) in [6.45, 7) is -1.18. The van der Waals surface area contributed by atoms with Crippen LogP contribution in [-0.4, -0.2) is 47.8 Å². The van der Waals surface area contributed by atoms with Crippen LogP contribution in [0.15, 0.2) is 30.3 Å². The molecule has 0 atom stereocenters. The molecule has 33 heavy (non-hydrogen) atoms. The van der Waals surface area contributed by atoms with E-state index in [1.165, 1.54) is 0 Å². The van der Waals surface area contributed by atoms with Crippen LogP contribution in [0, 0.1) is 5.82 Å². The minimum atomic E-state index is -5.05. The molecule has 0 aromatic heterocycles. The summed E-state index contributed by atoms with van der Waals surface area (Å²) in [4.78, 5) is 27.2. The Morgan fingerprint density at radius 2 is 1.21 bits per heavy atom. The summed E-state index contributed by atoms with van der Waals surface area (Å²) in [5.41, 5.74) is 5.30. The van der Waals surface area contributed by atoms with Crippen LogP contribution < -0.4 is 11.5 Å². The first-order valence-corrected chi connectivity index (χ1v) is 9.41. The number of halogens is 7. The quantitative estimate of drug-likeness (QED) is 0.510. The average Bonchev–Trinajstić information content (AvgIpc) is 2.71. The summed E-state index contributed by atoms with van der Waals surface area (Å²) < 4.78 is 94.1. The van der Waals surface area contributed by atoms with E-state index < -0.39 is 57.9 Å². The van der Waals surface area contributed by atoms with Crippen LogP contribution in [0.5, 0.6) is 0 Å². The molecular weight excluding hydrogens is 461 g/mol. The van der Waals surface area contributed by atoms with Gasteiger partial charge in [0.15, 0.2) is 0 Å². The lowest BCUT2D eigenvalue weighted by Crippen LogP contribution is -2.51. The number of benzene rings is 2. The van der Waals surface area contributed by atoms with Gasteiger partial charge >= 0.3 is 12.4 Å². The monoisotopic (exact) mass is 478 g/mol. The number of piperazine rings is 1. The summed E-state index contributed by atoms with van der Waals surface area (Å²) in [5, 5.41) is 0. The molecule has 4 N–H and O–H groups in total. The lowest BCUT2D eigenvalue weighted by atomic mass is 10.0. The van der Waals surface area contributed by atoms with Gasteiger partial charge in [0.1, 0.15) is 5.82 Å². The Morgan fingerprint density at radius 1 is 0.727 bits per heavy atom. The first-order chi connectivity index (χ1) is 15.2. The van der Waals surface area contributed by atoms with Crippen molar-refractivity contribution < 1.29 is 40.3 Å². The molecule has 13 heteroatoms. The largest absolute Gasteiger partial charge is 0.417 e. The van der Waals surface area contributed by atoms with Crippen molar-refractivity contribution in [2.24, 2.45) is 0 Å². The number of amides is 2. The van der Waals surface area contributed by atoms with Gasteiger partial charge in [-0.2, -0.15) is 26.3 Å². The van der Waals surface area contributed by atoms with E-state index in [1.807, 2.05) is 0 Å². The summed E-state index contributed by atoms with van der Waals surface area (Å²) in [6.07, 6.45) is -9.90. The second-order valence-electron chi connectivity index (χ2n) is 7.31. The van der Waals surface area contributed by atoms with Gasteiger partial charge in [-0.15, -0.1) is 0 Å². The average molecular weight is 478 g/mol. The van der Waals surface area contributed by atoms with Crippen LogP contribution in [0.25, 0.3) is 0 Å². The van der Waals surface area contributed by atoms with E-state index in [4.69, 9.17) is 11.5 Å². The number of nitrogens with zero attached hydrogens (tertiary/aromatic N) is 2. The molecule has 0 aliphatic carbocycles. The van der Waals surface area contributed by atoms with E-state index in [-0.39, 0.29) is 31.9 Å². The van der Waals surface area contributed by atoms with Crippen LogP contribution in [0.4, 0.5) is 42.1 Å². The fourth-order valence-electron chi connectivity index (χ4n) is 3.49. The molecule has 1 aliphatic heterocycles. The van der Waals surface area contributed by atoms with Crippen molar-refractivity contribution >= 4 is 23.2 Å². The van der Waals surface area contributed by atoms with Crippen molar-refractivity contribution in [3.63, 3.8) is 0 Å². The van der Waals surface area contributed by atoms with E-state index in [2.05, 4.69) is 0 Å². The van der Waals surface area contributed by atoms with Crippen molar-refractivity contribution in [2.75, 3.05) is 37.6 Å². The number of carbonyl (C=O) groups is 2. The van der Waals surface area contributed by atoms with E-state index in [0.717, 1.165) is 21.9 Å². The molecule has 0 saturated carbocycles. The predicted octanol–water partition coefficient (Wildman–Crippen LogP) is 3.63. The highest BCUT2D eigenvalue weighted by Gasteiger charge is 2.40. The fourth-order valence-corrected chi connectivity index (χ4v) is 3.49. The second-order valence-corrected chi connectivity index (χ2v) is 7.31. The maximum atomic E-state index is 14.3. The van der Waals surface area contributed by atoms with Gasteiger partial charge in [0.05, 0.1) is 22.3 Å². The molecule has 1 saturated heterocycles. The Labute approximate surface area is 182 Å². The number of anilines is 2. The number of hydrogen-bond donors (Lipinski definition) is 2. The SMILES string of the molecule is Nc1ccc(C(=O)N2CCN(C(=O)c3c(F)cc(N)cc3C(F)(F)F)CC2)c(C(F)(F)F)c1. The third kappa shape index (κ3) is 4.96. The molecule has 6 nitrogen and oxygen atoms in total. The van der Waals surface area contributed by atoms with Gasteiger partial charge < -0.3 is 21.3 Å². The van der Waals surface area contributed by atoms with Crippen LogP contribution in [0.2, 0.25) is 0 Å². The van der Waals surface area contributed by atoms with Crippen LogP contribution in [-0.2, 0) is 12.4 Å². The van der Waals surface area contributed by atoms with E-state index in [1.54, 1.807) is 0 Å². The molecule has 1 aliphatic rings. The minimum Gasteiger partial charge on any atom is -0.399 e. The highest BCUT2D eigenvalue weighted by atomic mass is 19.4. The first-order valence-electron chi connectivity index (χ1n) is 9.41. The van der Waals surface area contributed by atoms with E-state index >= 15 is 0 Å². The van der Waals surface area contributed by atoms with E-state index in [9.17, 15) is 40.3 Å². The van der Waals surface area contributed by atoms with Crippen LogP contribution >= 0.6 is 0 Å².